The van der Waals surface area contributed by atoms with E-state index < -0.39 is 17.6 Å². The van der Waals surface area contributed by atoms with Crippen molar-refractivity contribution in [2.75, 3.05) is 11.4 Å². The minimum absolute atomic E-state index is 0.0510. The summed E-state index contributed by atoms with van der Waals surface area (Å²) in [6, 6.07) is 9.15. The summed E-state index contributed by atoms with van der Waals surface area (Å²) in [6.45, 7) is 0.322. The van der Waals surface area contributed by atoms with Crippen LogP contribution in [-0.2, 0) is 21.0 Å². The number of anilines is 1. The molecule has 3 rings (SSSR count). The molecule has 2 heterocycles. The Balaban J connectivity index is 1.62. The third-order valence-corrected chi connectivity index (χ3v) is 4.07. The van der Waals surface area contributed by atoms with Gasteiger partial charge in [-0.2, -0.15) is 0 Å². The van der Waals surface area contributed by atoms with Crippen molar-refractivity contribution >= 4 is 23.3 Å². The molecule has 1 aromatic heterocycles. The van der Waals surface area contributed by atoms with E-state index in [1.807, 2.05) is 0 Å². The molecule has 1 aromatic carbocycles. The van der Waals surface area contributed by atoms with Gasteiger partial charge < -0.3 is 15.4 Å². The summed E-state index contributed by atoms with van der Waals surface area (Å²) in [5, 5.41) is 0. The second-order valence-electron chi connectivity index (χ2n) is 5.90. The summed E-state index contributed by atoms with van der Waals surface area (Å²) < 4.78 is 18.4. The normalized spacial score (nSPS) is 16.6. The number of Topliss-reactive ketones (excluding diaryl/α,β-unsaturated/α-hetero) is 1. The molecule has 26 heavy (non-hydrogen) atoms. The fraction of sp³-hybridized carbons (Fsp3) is 0.222. The van der Waals surface area contributed by atoms with E-state index in [0.717, 1.165) is 5.56 Å². The highest BCUT2D eigenvalue weighted by molar-refractivity contribution is 6.37. The van der Waals surface area contributed by atoms with Crippen LogP contribution in [-0.4, -0.2) is 29.1 Å². The molecule has 2 aromatic rings. The first-order chi connectivity index (χ1) is 12.4. The Hall–Kier alpha value is -3.29. The fourth-order valence-corrected chi connectivity index (χ4v) is 2.69. The van der Waals surface area contributed by atoms with Crippen LogP contribution < -0.4 is 15.4 Å². The Labute approximate surface area is 148 Å². The predicted molar refractivity (Wildman–Crippen MR) is 89.6 cm³/mol. The Bertz CT molecular complexity index is 837. The number of carbonyl (C=O) groups is 3. The molecule has 1 saturated heterocycles. The maximum absolute atomic E-state index is 12.9. The van der Waals surface area contributed by atoms with Gasteiger partial charge in [0.1, 0.15) is 12.4 Å². The van der Waals surface area contributed by atoms with Crippen LogP contribution in [0.5, 0.6) is 5.88 Å². The van der Waals surface area contributed by atoms with Gasteiger partial charge in [0, 0.05) is 19.0 Å². The van der Waals surface area contributed by atoms with E-state index in [9.17, 15) is 18.8 Å². The predicted octanol–water partition coefficient (Wildman–Crippen LogP) is 1.21. The second kappa shape index (κ2) is 7.30. The molecule has 2 amide bonds. The monoisotopic (exact) mass is 357 g/mol. The number of benzene rings is 1. The fourth-order valence-electron chi connectivity index (χ4n) is 2.69. The van der Waals surface area contributed by atoms with Crippen molar-refractivity contribution in [3.63, 3.8) is 0 Å². The van der Waals surface area contributed by atoms with Crippen LogP contribution in [0.2, 0.25) is 0 Å². The SMILES string of the molecule is NC(=O)C(=O)C1CC(=O)N(c2ccc(OCc3ccc(F)cc3)nc2)C1. The molecule has 0 saturated carbocycles. The molecule has 2 N–H and O–H groups in total. The maximum atomic E-state index is 12.9. The van der Waals surface area contributed by atoms with Gasteiger partial charge in [-0.3, -0.25) is 14.4 Å². The smallest absolute Gasteiger partial charge is 0.285 e. The molecule has 1 aliphatic rings. The van der Waals surface area contributed by atoms with E-state index in [4.69, 9.17) is 10.5 Å². The summed E-state index contributed by atoms with van der Waals surface area (Å²) in [5.74, 6) is -2.75. The Morgan fingerprint density at radius 1 is 1.23 bits per heavy atom. The van der Waals surface area contributed by atoms with Crippen LogP contribution in [0.15, 0.2) is 42.6 Å². The molecule has 1 atom stereocenters. The number of nitrogens with zero attached hydrogens (tertiary/aromatic N) is 2. The van der Waals surface area contributed by atoms with Gasteiger partial charge in [0.05, 0.1) is 17.8 Å². The van der Waals surface area contributed by atoms with E-state index in [0.29, 0.717) is 11.6 Å². The Morgan fingerprint density at radius 2 is 1.96 bits per heavy atom. The van der Waals surface area contributed by atoms with E-state index in [2.05, 4.69) is 4.98 Å². The minimum Gasteiger partial charge on any atom is -0.473 e. The molecule has 0 spiro atoms. The molecule has 0 bridgehead atoms. The third-order valence-electron chi connectivity index (χ3n) is 4.07. The zero-order chi connectivity index (χ0) is 18.7. The average molecular weight is 357 g/mol. The van der Waals surface area contributed by atoms with Crippen molar-refractivity contribution in [1.29, 1.82) is 0 Å². The van der Waals surface area contributed by atoms with Gasteiger partial charge >= 0.3 is 0 Å². The van der Waals surface area contributed by atoms with Gasteiger partial charge in [0.2, 0.25) is 17.6 Å². The van der Waals surface area contributed by atoms with Crippen molar-refractivity contribution in [2.45, 2.75) is 13.0 Å². The number of hydrogen-bond donors (Lipinski definition) is 1. The van der Waals surface area contributed by atoms with Gasteiger partial charge in [-0.1, -0.05) is 12.1 Å². The minimum atomic E-state index is -1.03. The highest BCUT2D eigenvalue weighted by atomic mass is 19.1. The Kier molecular flexibility index (Phi) is 4.92. The van der Waals surface area contributed by atoms with Crippen molar-refractivity contribution < 1.29 is 23.5 Å². The number of pyridine rings is 1. The number of hydrogen-bond acceptors (Lipinski definition) is 5. The highest BCUT2D eigenvalue weighted by Gasteiger charge is 2.37. The van der Waals surface area contributed by atoms with Gasteiger partial charge in [-0.05, 0) is 23.8 Å². The lowest BCUT2D eigenvalue weighted by atomic mass is 10.0. The van der Waals surface area contributed by atoms with Crippen LogP contribution in [0.4, 0.5) is 10.1 Å². The van der Waals surface area contributed by atoms with Crippen LogP contribution in [0.25, 0.3) is 0 Å². The summed E-state index contributed by atoms with van der Waals surface area (Å²) in [7, 11) is 0. The number of carbonyl (C=O) groups excluding carboxylic acids is 3. The van der Waals surface area contributed by atoms with Crippen LogP contribution in [0.3, 0.4) is 0 Å². The second-order valence-corrected chi connectivity index (χ2v) is 5.90. The largest absolute Gasteiger partial charge is 0.473 e. The topological polar surface area (TPSA) is 103 Å². The number of rotatable bonds is 6. The molecular weight excluding hydrogens is 341 g/mol. The van der Waals surface area contributed by atoms with Crippen molar-refractivity contribution in [3.05, 3.63) is 54.0 Å². The zero-order valence-electron chi connectivity index (χ0n) is 13.7. The lowest BCUT2D eigenvalue weighted by Crippen LogP contribution is -2.32. The van der Waals surface area contributed by atoms with Gasteiger partial charge in [-0.15, -0.1) is 0 Å². The average Bonchev–Trinajstić information content (AvgIpc) is 3.02. The van der Waals surface area contributed by atoms with E-state index in [1.54, 1.807) is 24.3 Å². The first-order valence-corrected chi connectivity index (χ1v) is 7.91. The number of ether oxygens (including phenoxy) is 1. The van der Waals surface area contributed by atoms with Gasteiger partial charge in [-0.25, -0.2) is 9.37 Å². The molecule has 7 nitrogen and oxygen atoms in total. The molecule has 1 unspecified atom stereocenters. The van der Waals surface area contributed by atoms with Crippen LogP contribution in [0, 0.1) is 11.7 Å². The van der Waals surface area contributed by atoms with E-state index >= 15 is 0 Å². The molecule has 134 valence electrons. The standard InChI is InChI=1S/C18H16FN3O4/c19-13-3-1-11(2-4-13)10-26-15-6-5-14(8-21-15)22-9-12(7-16(22)23)17(24)18(20)25/h1-6,8,12H,7,9-10H2,(H2,20,25). The number of aromatic nitrogens is 1. The first kappa shape index (κ1) is 17.5. The first-order valence-electron chi connectivity index (χ1n) is 7.91. The number of halogens is 1. The zero-order valence-corrected chi connectivity index (χ0v) is 13.7. The number of ketones is 1. The van der Waals surface area contributed by atoms with Crippen molar-refractivity contribution in [1.82, 2.24) is 4.98 Å². The third kappa shape index (κ3) is 3.85. The Morgan fingerprint density at radius 3 is 2.58 bits per heavy atom. The van der Waals surface area contributed by atoms with Crippen molar-refractivity contribution in [3.8, 4) is 5.88 Å². The summed E-state index contributed by atoms with van der Waals surface area (Å²) in [5.41, 5.74) is 6.28. The summed E-state index contributed by atoms with van der Waals surface area (Å²) in [6.07, 6.45) is 1.40. The molecule has 0 radical (unpaired) electrons. The molecule has 8 heteroatoms. The van der Waals surface area contributed by atoms with Gasteiger partial charge in [0.25, 0.3) is 5.91 Å². The van der Waals surface area contributed by atoms with E-state index in [-0.39, 0.29) is 31.3 Å². The number of primary amides is 1. The number of amides is 2. The summed E-state index contributed by atoms with van der Waals surface area (Å²) in [4.78, 5) is 40.2. The van der Waals surface area contributed by atoms with E-state index in [1.165, 1.54) is 23.2 Å². The van der Waals surface area contributed by atoms with Crippen molar-refractivity contribution in [2.24, 2.45) is 11.7 Å². The quantitative estimate of drug-likeness (QED) is 0.783. The lowest BCUT2D eigenvalue weighted by molar-refractivity contribution is -0.138. The van der Waals surface area contributed by atoms with Crippen LogP contribution in [0.1, 0.15) is 12.0 Å². The number of nitrogens with two attached hydrogens (primary N) is 1. The lowest BCUT2D eigenvalue weighted by Gasteiger charge is -2.16. The maximum Gasteiger partial charge on any atom is 0.285 e. The highest BCUT2D eigenvalue weighted by Crippen LogP contribution is 2.26. The summed E-state index contributed by atoms with van der Waals surface area (Å²) >= 11 is 0. The molecule has 0 aliphatic carbocycles. The molecule has 1 aliphatic heterocycles. The van der Waals surface area contributed by atoms with Crippen LogP contribution >= 0.6 is 0 Å². The molecule has 1 fully saturated rings. The van der Waals surface area contributed by atoms with Gasteiger partial charge in [0.15, 0.2) is 0 Å². The molecular formula is C18H16FN3O4.